The highest BCUT2D eigenvalue weighted by Crippen LogP contribution is 2.23. The number of H-pyrrole nitrogens is 1. The summed E-state index contributed by atoms with van der Waals surface area (Å²) >= 11 is 0. The second-order valence-electron chi connectivity index (χ2n) is 7.86. The fourth-order valence-electron chi connectivity index (χ4n) is 3.68. The Morgan fingerprint density at radius 1 is 1.14 bits per heavy atom. The molecule has 180 valence electrons. The van der Waals surface area contributed by atoms with Crippen molar-refractivity contribution in [1.29, 1.82) is 0 Å². The van der Waals surface area contributed by atoms with Gasteiger partial charge >= 0.3 is 5.97 Å². The first-order chi connectivity index (χ1) is 16.7. The molecule has 4 rings (SSSR count). The number of para-hydroxylation sites is 1. The average molecular weight is 495 g/mol. The topological polar surface area (TPSA) is 139 Å². The van der Waals surface area contributed by atoms with E-state index in [1.165, 1.54) is 11.0 Å². The number of hydrogen-bond donors (Lipinski definition) is 1. The van der Waals surface area contributed by atoms with Crippen LogP contribution in [0.5, 0.6) is 0 Å². The number of pyridine rings is 1. The van der Waals surface area contributed by atoms with Gasteiger partial charge in [0.05, 0.1) is 18.2 Å². The molecule has 11 heteroatoms. The van der Waals surface area contributed by atoms with E-state index in [9.17, 15) is 22.8 Å². The Hall–Kier alpha value is -4.12. The van der Waals surface area contributed by atoms with Gasteiger partial charge in [-0.15, -0.1) is 0 Å². The van der Waals surface area contributed by atoms with E-state index >= 15 is 0 Å². The largest absolute Gasteiger partial charge is 0.455 e. The molecule has 1 aliphatic heterocycles. The number of carbonyl (C=O) groups excluding carboxylic acids is 2. The van der Waals surface area contributed by atoms with Gasteiger partial charge in [-0.3, -0.25) is 19.4 Å². The lowest BCUT2D eigenvalue weighted by atomic mass is 10.1. The molecule has 0 fully saturated rings. The molecule has 10 nitrogen and oxygen atoms in total. The lowest BCUT2D eigenvalue weighted by Gasteiger charge is -2.27. The van der Waals surface area contributed by atoms with E-state index < -0.39 is 39.9 Å². The lowest BCUT2D eigenvalue weighted by Crippen LogP contribution is -2.43. The first kappa shape index (κ1) is 24.0. The molecule has 3 heterocycles. The van der Waals surface area contributed by atoms with E-state index in [2.05, 4.69) is 15.0 Å². The zero-order valence-electron chi connectivity index (χ0n) is 18.7. The van der Waals surface area contributed by atoms with Crippen molar-refractivity contribution in [3.8, 4) is 11.5 Å². The van der Waals surface area contributed by atoms with Crippen LogP contribution in [0, 0.1) is 6.92 Å². The maximum atomic E-state index is 13.0. The summed E-state index contributed by atoms with van der Waals surface area (Å²) in [7, 11) is -3.42. The fraction of sp³-hybridized carbons (Fsp3) is 0.208. The normalized spacial score (nSPS) is 16.1. The Bertz CT molecular complexity index is 1440. The number of aryl methyl sites for hydroxylation is 1. The Morgan fingerprint density at radius 3 is 2.51 bits per heavy atom. The molecule has 1 aromatic carbocycles. The van der Waals surface area contributed by atoms with Gasteiger partial charge in [-0.1, -0.05) is 24.3 Å². The van der Waals surface area contributed by atoms with Gasteiger partial charge in [0.25, 0.3) is 11.5 Å². The Balaban J connectivity index is 1.45. The first-order valence-corrected chi connectivity index (χ1v) is 12.4. The molecule has 1 atom stereocenters. The number of hydrogen-bond acceptors (Lipinski definition) is 8. The maximum Gasteiger partial charge on any atom is 0.311 e. The Labute approximate surface area is 201 Å². The first-order valence-electron chi connectivity index (χ1n) is 10.7. The minimum atomic E-state index is -3.42. The number of nitrogens with one attached hydrogen (secondary N) is 1. The molecule has 3 aromatic rings. The van der Waals surface area contributed by atoms with Crippen LogP contribution in [-0.2, 0) is 30.6 Å². The van der Waals surface area contributed by atoms with Crippen LogP contribution in [-0.4, -0.2) is 53.6 Å². The molecule has 1 amide bonds. The maximum absolute atomic E-state index is 13.0. The zero-order valence-corrected chi connectivity index (χ0v) is 19.6. The number of anilines is 1. The summed E-state index contributed by atoms with van der Waals surface area (Å²) in [6.45, 7) is 0.980. The van der Waals surface area contributed by atoms with Crippen LogP contribution in [0.4, 0.5) is 5.69 Å². The second kappa shape index (κ2) is 10.0. The third-order valence-corrected chi connectivity index (χ3v) is 6.73. The van der Waals surface area contributed by atoms with Crippen LogP contribution < -0.4 is 10.5 Å². The number of carbonyl (C=O) groups is 2. The van der Waals surface area contributed by atoms with E-state index in [4.69, 9.17) is 4.74 Å². The van der Waals surface area contributed by atoms with Gasteiger partial charge in [0.2, 0.25) is 0 Å². The number of nitrogens with zero attached hydrogens (tertiary/aromatic N) is 3. The Morgan fingerprint density at radius 2 is 1.89 bits per heavy atom. The number of aromatic amines is 1. The molecular formula is C24H22N4O6S. The summed E-state index contributed by atoms with van der Waals surface area (Å²) in [5.41, 5.74) is 0.906. The summed E-state index contributed by atoms with van der Waals surface area (Å²) in [6.07, 6.45) is 2.62. The summed E-state index contributed by atoms with van der Waals surface area (Å²) in [6, 6.07) is 13.0. The fourth-order valence-corrected chi connectivity index (χ4v) is 4.95. The molecule has 2 aromatic heterocycles. The van der Waals surface area contributed by atoms with Gasteiger partial charge in [-0.25, -0.2) is 13.4 Å². The molecule has 0 saturated carbocycles. The highest BCUT2D eigenvalue weighted by Gasteiger charge is 2.32. The van der Waals surface area contributed by atoms with Crippen LogP contribution >= 0.6 is 0 Å². The molecule has 1 aliphatic rings. The lowest BCUT2D eigenvalue weighted by molar-refractivity contribution is -0.147. The summed E-state index contributed by atoms with van der Waals surface area (Å²) < 4.78 is 28.9. The third-order valence-electron chi connectivity index (χ3n) is 5.35. The third kappa shape index (κ3) is 5.69. The molecular weight excluding hydrogens is 472 g/mol. The number of aromatic nitrogens is 3. The van der Waals surface area contributed by atoms with Gasteiger partial charge in [0, 0.05) is 28.5 Å². The van der Waals surface area contributed by atoms with E-state index in [-0.39, 0.29) is 23.6 Å². The molecule has 0 radical (unpaired) electrons. The minimum Gasteiger partial charge on any atom is -0.455 e. The molecule has 1 N–H and O–H groups in total. The number of amides is 1. The molecule has 0 spiro atoms. The van der Waals surface area contributed by atoms with Gasteiger partial charge in [0.1, 0.15) is 5.69 Å². The number of benzene rings is 1. The van der Waals surface area contributed by atoms with Crippen molar-refractivity contribution in [1.82, 2.24) is 15.0 Å². The standard InChI is InChI=1S/C24H22N4O6S/c1-16-19(24(31)27-23(26-16)20-9-5-6-11-25-20)13-22(30)34-14-21(29)28(17-7-3-2-4-8-17)18-10-12-35(32,33)15-18/h2-12,18H,13-15H2,1H3,(H,26,27,31)/t18-/m0/s1. The van der Waals surface area contributed by atoms with Crippen molar-refractivity contribution in [3.63, 3.8) is 0 Å². The quantitative estimate of drug-likeness (QED) is 0.488. The summed E-state index contributed by atoms with van der Waals surface area (Å²) in [4.78, 5) is 50.4. The van der Waals surface area contributed by atoms with Crippen molar-refractivity contribution in [2.75, 3.05) is 17.3 Å². The Kier molecular flexibility index (Phi) is 6.87. The van der Waals surface area contributed by atoms with Crippen molar-refractivity contribution >= 4 is 27.4 Å². The van der Waals surface area contributed by atoms with Gasteiger partial charge in [0.15, 0.2) is 22.3 Å². The van der Waals surface area contributed by atoms with E-state index in [0.29, 0.717) is 17.1 Å². The van der Waals surface area contributed by atoms with E-state index in [0.717, 1.165) is 5.41 Å². The van der Waals surface area contributed by atoms with Crippen LogP contribution in [0.2, 0.25) is 0 Å². The molecule has 0 bridgehead atoms. The predicted octanol–water partition coefficient (Wildman–Crippen LogP) is 1.57. The molecule has 0 saturated heterocycles. The van der Waals surface area contributed by atoms with Crippen LogP contribution in [0.15, 0.2) is 71.0 Å². The number of ether oxygens (including phenoxy) is 1. The van der Waals surface area contributed by atoms with Crippen molar-refractivity contribution in [2.24, 2.45) is 0 Å². The van der Waals surface area contributed by atoms with Gasteiger partial charge in [-0.05, 0) is 37.3 Å². The predicted molar refractivity (Wildman–Crippen MR) is 128 cm³/mol. The average Bonchev–Trinajstić information content (AvgIpc) is 3.20. The molecule has 35 heavy (non-hydrogen) atoms. The van der Waals surface area contributed by atoms with Crippen LogP contribution in [0.1, 0.15) is 11.3 Å². The molecule has 0 aliphatic carbocycles. The molecule has 0 unspecified atom stereocenters. The van der Waals surface area contributed by atoms with E-state index in [1.807, 2.05) is 0 Å². The van der Waals surface area contributed by atoms with Gasteiger partial charge < -0.3 is 14.6 Å². The smallest absolute Gasteiger partial charge is 0.311 e. The number of esters is 1. The second-order valence-corrected chi connectivity index (χ2v) is 9.79. The van der Waals surface area contributed by atoms with E-state index in [1.54, 1.807) is 61.7 Å². The highest BCUT2D eigenvalue weighted by molar-refractivity contribution is 7.94. The SMILES string of the molecule is Cc1nc(-c2ccccn2)[nH]c(=O)c1CC(=O)OCC(=O)N(c1ccccc1)[C@H]1C=CS(=O)(=O)C1. The van der Waals surface area contributed by atoms with Gasteiger partial charge in [-0.2, -0.15) is 0 Å². The summed E-state index contributed by atoms with van der Waals surface area (Å²) in [5.74, 6) is -1.37. The van der Waals surface area contributed by atoms with Crippen LogP contribution in [0.3, 0.4) is 0 Å². The summed E-state index contributed by atoms with van der Waals surface area (Å²) in [5, 5.41) is 1.07. The minimum absolute atomic E-state index is 0.117. The number of rotatable bonds is 7. The highest BCUT2D eigenvalue weighted by atomic mass is 32.2. The van der Waals surface area contributed by atoms with Crippen molar-refractivity contribution < 1.29 is 22.7 Å². The van der Waals surface area contributed by atoms with Crippen molar-refractivity contribution in [2.45, 2.75) is 19.4 Å². The monoisotopic (exact) mass is 494 g/mol. The van der Waals surface area contributed by atoms with Crippen LogP contribution in [0.25, 0.3) is 11.5 Å². The number of sulfone groups is 1. The van der Waals surface area contributed by atoms with Crippen molar-refractivity contribution in [3.05, 3.63) is 87.8 Å². The zero-order chi connectivity index (χ0) is 25.0.